The maximum atomic E-state index is 9.62. The molecule has 0 bridgehead atoms. The largest absolute Gasteiger partial charge is 0.392 e. The summed E-state index contributed by atoms with van der Waals surface area (Å²) in [6.45, 7) is 0.936. The third-order valence-corrected chi connectivity index (χ3v) is 2.63. The molecule has 0 saturated heterocycles. The third-order valence-electron chi connectivity index (χ3n) is 2.63. The van der Waals surface area contributed by atoms with E-state index in [2.05, 4.69) is 11.2 Å². The molecule has 2 nitrogen and oxygen atoms in total. The fourth-order valence-electron chi connectivity index (χ4n) is 1.83. The molecule has 1 aliphatic rings. The van der Waals surface area contributed by atoms with Crippen molar-refractivity contribution in [1.29, 1.82) is 0 Å². The summed E-state index contributed by atoms with van der Waals surface area (Å²) in [6, 6.07) is 0.312. The summed E-state index contributed by atoms with van der Waals surface area (Å²) in [5, 5.41) is 13.0. The molecule has 1 rings (SSSR count). The quantitative estimate of drug-likeness (QED) is 0.506. The number of hydrogen-bond acceptors (Lipinski definition) is 2. The number of aliphatic hydroxyl groups is 1. The van der Waals surface area contributed by atoms with Crippen molar-refractivity contribution < 1.29 is 5.11 Å². The summed E-state index contributed by atoms with van der Waals surface area (Å²) in [5.41, 5.74) is 0. The predicted molar refractivity (Wildman–Crippen MR) is 54.3 cm³/mol. The van der Waals surface area contributed by atoms with Gasteiger partial charge in [0.15, 0.2) is 0 Å². The fourth-order valence-corrected chi connectivity index (χ4v) is 1.83. The summed E-state index contributed by atoms with van der Waals surface area (Å²) < 4.78 is 0. The lowest BCUT2D eigenvalue weighted by Crippen LogP contribution is -2.42. The summed E-state index contributed by atoms with van der Waals surface area (Å²) in [4.78, 5) is 0. The van der Waals surface area contributed by atoms with E-state index in [1.54, 1.807) is 0 Å². The van der Waals surface area contributed by atoms with E-state index in [1.807, 2.05) is 0 Å². The number of unbranched alkanes of at least 4 members (excludes halogenated alkanes) is 1. The molecule has 0 aromatic rings. The van der Waals surface area contributed by atoms with Crippen LogP contribution in [0.3, 0.4) is 0 Å². The molecule has 2 N–H and O–H groups in total. The molecule has 74 valence electrons. The first-order valence-corrected chi connectivity index (χ1v) is 5.19. The smallest absolute Gasteiger partial charge is 0.0693 e. The first kappa shape index (κ1) is 10.6. The van der Waals surface area contributed by atoms with Crippen molar-refractivity contribution in [3.05, 3.63) is 0 Å². The van der Waals surface area contributed by atoms with Gasteiger partial charge in [0.2, 0.25) is 0 Å². The molecule has 0 aromatic heterocycles. The molecular formula is C11H19NO. The molecule has 0 radical (unpaired) electrons. The summed E-state index contributed by atoms with van der Waals surface area (Å²) >= 11 is 0. The Labute approximate surface area is 80.7 Å². The Bertz CT molecular complexity index is 173. The molecule has 0 amide bonds. The van der Waals surface area contributed by atoms with Gasteiger partial charge in [0, 0.05) is 12.5 Å². The Morgan fingerprint density at radius 1 is 1.38 bits per heavy atom. The van der Waals surface area contributed by atoms with Gasteiger partial charge in [-0.2, -0.15) is 0 Å². The van der Waals surface area contributed by atoms with Crippen molar-refractivity contribution in [2.24, 2.45) is 0 Å². The maximum absolute atomic E-state index is 9.62. The molecule has 2 atom stereocenters. The van der Waals surface area contributed by atoms with Crippen LogP contribution >= 0.6 is 0 Å². The van der Waals surface area contributed by atoms with E-state index in [9.17, 15) is 5.11 Å². The Balaban J connectivity index is 2.09. The van der Waals surface area contributed by atoms with Gasteiger partial charge in [0.1, 0.15) is 0 Å². The highest BCUT2D eigenvalue weighted by Crippen LogP contribution is 2.18. The normalized spacial score (nSPS) is 28.3. The molecule has 0 heterocycles. The van der Waals surface area contributed by atoms with E-state index in [-0.39, 0.29) is 6.10 Å². The van der Waals surface area contributed by atoms with E-state index in [0.29, 0.717) is 6.04 Å². The highest BCUT2D eigenvalue weighted by atomic mass is 16.3. The van der Waals surface area contributed by atoms with Crippen LogP contribution in [-0.4, -0.2) is 23.8 Å². The average molecular weight is 181 g/mol. The van der Waals surface area contributed by atoms with Crippen LogP contribution < -0.4 is 5.32 Å². The molecule has 0 spiro atoms. The first-order valence-electron chi connectivity index (χ1n) is 5.19. The topological polar surface area (TPSA) is 32.3 Å². The third kappa shape index (κ3) is 3.80. The van der Waals surface area contributed by atoms with Crippen molar-refractivity contribution in [3.63, 3.8) is 0 Å². The number of hydrogen-bond donors (Lipinski definition) is 2. The van der Waals surface area contributed by atoms with Gasteiger partial charge in [-0.1, -0.05) is 12.8 Å². The standard InChI is InChI=1S/C11H19NO/c1-2-3-6-9-12-10-7-4-5-8-11(10)13/h1,10-13H,3-9H2. The van der Waals surface area contributed by atoms with Crippen molar-refractivity contribution >= 4 is 0 Å². The van der Waals surface area contributed by atoms with Crippen LogP contribution in [0.1, 0.15) is 38.5 Å². The Kier molecular flexibility index (Phi) is 4.88. The van der Waals surface area contributed by atoms with Crippen molar-refractivity contribution in [2.45, 2.75) is 50.7 Å². The lowest BCUT2D eigenvalue weighted by molar-refractivity contribution is 0.0911. The predicted octanol–water partition coefficient (Wildman–Crippen LogP) is 1.29. The molecule has 13 heavy (non-hydrogen) atoms. The Hall–Kier alpha value is -0.520. The average Bonchev–Trinajstić information content (AvgIpc) is 2.15. The van der Waals surface area contributed by atoms with Crippen LogP contribution in [0.5, 0.6) is 0 Å². The van der Waals surface area contributed by atoms with E-state index in [0.717, 1.165) is 32.2 Å². The monoisotopic (exact) mass is 181 g/mol. The number of rotatable bonds is 4. The van der Waals surface area contributed by atoms with Gasteiger partial charge < -0.3 is 10.4 Å². The Morgan fingerprint density at radius 2 is 2.15 bits per heavy atom. The second kappa shape index (κ2) is 6.01. The number of nitrogens with one attached hydrogen (secondary N) is 1. The van der Waals surface area contributed by atoms with E-state index in [1.165, 1.54) is 12.8 Å². The zero-order valence-electron chi connectivity index (χ0n) is 8.13. The zero-order valence-corrected chi connectivity index (χ0v) is 8.13. The van der Waals surface area contributed by atoms with Crippen molar-refractivity contribution in [2.75, 3.05) is 6.54 Å². The van der Waals surface area contributed by atoms with Crippen molar-refractivity contribution in [1.82, 2.24) is 5.32 Å². The highest BCUT2D eigenvalue weighted by molar-refractivity contribution is 4.84. The summed E-state index contributed by atoms with van der Waals surface area (Å²) in [7, 11) is 0. The summed E-state index contributed by atoms with van der Waals surface area (Å²) in [6.07, 6.45) is 11.3. The van der Waals surface area contributed by atoms with Gasteiger partial charge in [-0.15, -0.1) is 12.3 Å². The first-order chi connectivity index (χ1) is 6.34. The van der Waals surface area contributed by atoms with Crippen LogP contribution in [0.15, 0.2) is 0 Å². The van der Waals surface area contributed by atoms with Gasteiger partial charge in [-0.05, 0) is 25.8 Å². The second-order valence-electron chi connectivity index (χ2n) is 3.72. The van der Waals surface area contributed by atoms with Crippen molar-refractivity contribution in [3.8, 4) is 12.3 Å². The lowest BCUT2D eigenvalue weighted by Gasteiger charge is -2.28. The van der Waals surface area contributed by atoms with Gasteiger partial charge in [0.25, 0.3) is 0 Å². The molecular weight excluding hydrogens is 162 g/mol. The lowest BCUT2D eigenvalue weighted by atomic mass is 9.92. The molecule has 1 saturated carbocycles. The van der Waals surface area contributed by atoms with Gasteiger partial charge in [-0.25, -0.2) is 0 Å². The van der Waals surface area contributed by atoms with Crippen LogP contribution in [0.2, 0.25) is 0 Å². The molecule has 0 aromatic carbocycles. The molecule has 0 aliphatic heterocycles. The Morgan fingerprint density at radius 3 is 2.85 bits per heavy atom. The molecule has 1 fully saturated rings. The van der Waals surface area contributed by atoms with Crippen LogP contribution in [0.4, 0.5) is 0 Å². The van der Waals surface area contributed by atoms with Gasteiger partial charge in [0.05, 0.1) is 6.10 Å². The second-order valence-corrected chi connectivity index (χ2v) is 3.72. The number of aliphatic hydroxyl groups excluding tert-OH is 1. The minimum absolute atomic E-state index is 0.139. The van der Waals surface area contributed by atoms with E-state index >= 15 is 0 Å². The minimum Gasteiger partial charge on any atom is -0.392 e. The zero-order chi connectivity index (χ0) is 9.52. The minimum atomic E-state index is -0.139. The fraction of sp³-hybridized carbons (Fsp3) is 0.818. The van der Waals surface area contributed by atoms with E-state index in [4.69, 9.17) is 6.42 Å². The summed E-state index contributed by atoms with van der Waals surface area (Å²) in [5.74, 6) is 2.61. The van der Waals surface area contributed by atoms with Gasteiger partial charge >= 0.3 is 0 Å². The molecule has 2 unspecified atom stereocenters. The highest BCUT2D eigenvalue weighted by Gasteiger charge is 2.21. The van der Waals surface area contributed by atoms with Gasteiger partial charge in [-0.3, -0.25) is 0 Å². The number of terminal acetylenes is 1. The molecule has 2 heteroatoms. The molecule has 1 aliphatic carbocycles. The van der Waals surface area contributed by atoms with Crippen LogP contribution in [-0.2, 0) is 0 Å². The maximum Gasteiger partial charge on any atom is 0.0693 e. The van der Waals surface area contributed by atoms with Crippen LogP contribution in [0.25, 0.3) is 0 Å². The SMILES string of the molecule is C#CCCCNC1CCCCC1O. The van der Waals surface area contributed by atoms with Crippen LogP contribution in [0, 0.1) is 12.3 Å². The van der Waals surface area contributed by atoms with E-state index < -0.39 is 0 Å².